The maximum Gasteiger partial charge on any atom is 0.311 e. The number of carbonyl (C=O) groups excluding carboxylic acids is 2. The topological polar surface area (TPSA) is 111 Å². The Bertz CT molecular complexity index is 965. The van der Waals surface area contributed by atoms with Gasteiger partial charge in [-0.3, -0.25) is 19.7 Å². The highest BCUT2D eigenvalue weighted by Gasteiger charge is 2.27. The van der Waals surface area contributed by atoms with Gasteiger partial charge in [-0.15, -0.1) is 0 Å². The number of nitro benzene ring substituents is 1. The third-order valence-corrected chi connectivity index (χ3v) is 4.57. The molecule has 0 saturated heterocycles. The highest BCUT2D eigenvalue weighted by molar-refractivity contribution is 5.88. The number of hydrogen-bond acceptors (Lipinski definition) is 6. The number of hydrogen-bond donors (Lipinski definition) is 1. The zero-order valence-corrected chi connectivity index (χ0v) is 18.3. The number of nitrogens with one attached hydrogen (secondary N) is 1. The van der Waals surface area contributed by atoms with E-state index in [2.05, 4.69) is 5.32 Å². The lowest BCUT2D eigenvalue weighted by molar-refractivity contribution is -0.385. The van der Waals surface area contributed by atoms with Gasteiger partial charge in [-0.05, 0) is 44.5 Å². The molecule has 172 valence electrons. The molecule has 0 aliphatic rings. The molecule has 10 heteroatoms. The fourth-order valence-electron chi connectivity index (χ4n) is 2.90. The molecule has 0 spiro atoms. The number of halogens is 1. The molecule has 32 heavy (non-hydrogen) atoms. The fourth-order valence-corrected chi connectivity index (χ4v) is 2.90. The monoisotopic (exact) mass is 447 g/mol. The predicted molar refractivity (Wildman–Crippen MR) is 115 cm³/mol. The Hall–Kier alpha value is -3.69. The summed E-state index contributed by atoms with van der Waals surface area (Å²) < 4.78 is 23.7. The second-order valence-corrected chi connectivity index (χ2v) is 7.37. The van der Waals surface area contributed by atoms with E-state index in [0.717, 1.165) is 0 Å². The minimum absolute atomic E-state index is 0.00667. The van der Waals surface area contributed by atoms with Crippen molar-refractivity contribution in [2.75, 3.05) is 13.7 Å². The van der Waals surface area contributed by atoms with E-state index >= 15 is 0 Å². The Balaban J connectivity index is 2.18. The minimum atomic E-state index is -0.815. The van der Waals surface area contributed by atoms with Crippen molar-refractivity contribution in [2.24, 2.45) is 0 Å². The summed E-state index contributed by atoms with van der Waals surface area (Å²) in [6, 6.07) is 8.56. The number of nitrogens with zero attached hydrogens (tertiary/aromatic N) is 2. The number of amides is 2. The molecule has 2 aromatic rings. The Morgan fingerprint density at radius 3 is 2.38 bits per heavy atom. The first kappa shape index (κ1) is 24.6. The molecule has 2 rings (SSSR count). The van der Waals surface area contributed by atoms with Gasteiger partial charge in [0.25, 0.3) is 5.91 Å². The Kier molecular flexibility index (Phi) is 8.51. The highest BCUT2D eigenvalue weighted by atomic mass is 19.1. The van der Waals surface area contributed by atoms with E-state index in [1.54, 1.807) is 6.92 Å². The van der Waals surface area contributed by atoms with Crippen molar-refractivity contribution in [3.8, 4) is 11.5 Å². The zero-order chi connectivity index (χ0) is 23.8. The number of carbonyl (C=O) groups is 2. The molecule has 1 atom stereocenters. The molecule has 0 bridgehead atoms. The third kappa shape index (κ3) is 6.66. The molecule has 0 aromatic heterocycles. The summed E-state index contributed by atoms with van der Waals surface area (Å²) in [5.41, 5.74) is 0.407. The Morgan fingerprint density at radius 1 is 1.16 bits per heavy atom. The van der Waals surface area contributed by atoms with Crippen LogP contribution in [0.3, 0.4) is 0 Å². The molecular formula is C22H26FN3O6. The normalized spacial score (nSPS) is 11.6. The van der Waals surface area contributed by atoms with Crippen molar-refractivity contribution in [1.82, 2.24) is 10.2 Å². The molecule has 0 saturated carbocycles. The van der Waals surface area contributed by atoms with Gasteiger partial charge < -0.3 is 19.7 Å². The van der Waals surface area contributed by atoms with E-state index < -0.39 is 29.3 Å². The average molecular weight is 447 g/mol. The maximum absolute atomic E-state index is 13.2. The summed E-state index contributed by atoms with van der Waals surface area (Å²) in [7, 11) is 1.29. The van der Waals surface area contributed by atoms with E-state index in [-0.39, 0.29) is 35.7 Å². The lowest BCUT2D eigenvalue weighted by Crippen LogP contribution is -2.50. The van der Waals surface area contributed by atoms with Gasteiger partial charge >= 0.3 is 5.69 Å². The van der Waals surface area contributed by atoms with Gasteiger partial charge in [0.05, 0.1) is 12.0 Å². The smallest absolute Gasteiger partial charge is 0.311 e. The van der Waals surface area contributed by atoms with Crippen molar-refractivity contribution in [3.05, 3.63) is 64.0 Å². The van der Waals surface area contributed by atoms with Crippen LogP contribution in [-0.2, 0) is 16.1 Å². The van der Waals surface area contributed by atoms with Gasteiger partial charge in [0.1, 0.15) is 17.6 Å². The van der Waals surface area contributed by atoms with E-state index in [1.807, 2.05) is 13.8 Å². The zero-order valence-electron chi connectivity index (χ0n) is 18.3. The molecule has 2 aromatic carbocycles. The second-order valence-electron chi connectivity index (χ2n) is 7.37. The predicted octanol–water partition coefficient (Wildman–Crippen LogP) is 3.06. The first-order valence-electron chi connectivity index (χ1n) is 9.92. The summed E-state index contributed by atoms with van der Waals surface area (Å²) in [5.74, 6) is -1.05. The van der Waals surface area contributed by atoms with Gasteiger partial charge in [-0.2, -0.15) is 0 Å². The Morgan fingerprint density at radius 2 is 1.81 bits per heavy atom. The van der Waals surface area contributed by atoms with Crippen LogP contribution in [0.4, 0.5) is 10.1 Å². The van der Waals surface area contributed by atoms with Gasteiger partial charge in [-0.25, -0.2) is 4.39 Å². The molecule has 0 radical (unpaired) electrons. The van der Waals surface area contributed by atoms with Crippen molar-refractivity contribution >= 4 is 17.5 Å². The van der Waals surface area contributed by atoms with Crippen molar-refractivity contribution in [1.29, 1.82) is 0 Å². The molecule has 9 nitrogen and oxygen atoms in total. The lowest BCUT2D eigenvalue weighted by Gasteiger charge is -2.29. The van der Waals surface area contributed by atoms with Crippen molar-refractivity contribution < 1.29 is 28.4 Å². The molecule has 0 aliphatic carbocycles. The van der Waals surface area contributed by atoms with E-state index in [0.29, 0.717) is 5.56 Å². The van der Waals surface area contributed by atoms with Crippen LogP contribution in [0.1, 0.15) is 26.3 Å². The summed E-state index contributed by atoms with van der Waals surface area (Å²) in [6.07, 6.45) is 0. The first-order valence-corrected chi connectivity index (χ1v) is 9.92. The molecule has 0 aliphatic heterocycles. The van der Waals surface area contributed by atoms with E-state index in [9.17, 15) is 24.1 Å². The third-order valence-electron chi connectivity index (χ3n) is 4.57. The van der Waals surface area contributed by atoms with Crippen LogP contribution in [0.2, 0.25) is 0 Å². The molecule has 1 unspecified atom stereocenters. The molecule has 0 heterocycles. The summed E-state index contributed by atoms with van der Waals surface area (Å²) in [6.45, 7) is 4.86. The minimum Gasteiger partial charge on any atom is -0.490 e. The van der Waals surface area contributed by atoms with Crippen molar-refractivity contribution in [3.63, 3.8) is 0 Å². The standard InChI is InChI=1S/C22H26FN3O6/c1-14(2)24-22(28)15(3)25(12-16-5-7-17(23)8-6-16)21(27)13-32-18-9-10-19(26(29)30)20(11-18)31-4/h5-11,14-15H,12-13H2,1-4H3,(H,24,28). The van der Waals surface area contributed by atoms with E-state index in [1.165, 1.54) is 54.5 Å². The molecular weight excluding hydrogens is 421 g/mol. The number of benzene rings is 2. The summed E-state index contributed by atoms with van der Waals surface area (Å²) in [4.78, 5) is 37.2. The fraction of sp³-hybridized carbons (Fsp3) is 0.364. The molecule has 1 N–H and O–H groups in total. The lowest BCUT2D eigenvalue weighted by atomic mass is 10.1. The number of rotatable bonds is 10. The highest BCUT2D eigenvalue weighted by Crippen LogP contribution is 2.30. The summed E-state index contributed by atoms with van der Waals surface area (Å²) in [5, 5.41) is 13.8. The molecule has 2 amide bonds. The number of nitro groups is 1. The van der Waals surface area contributed by atoms with Gasteiger partial charge in [0.15, 0.2) is 6.61 Å². The quantitative estimate of drug-likeness (QED) is 0.443. The SMILES string of the molecule is COc1cc(OCC(=O)N(Cc2ccc(F)cc2)C(C)C(=O)NC(C)C)ccc1[N+](=O)[O-]. The average Bonchev–Trinajstić information content (AvgIpc) is 2.75. The van der Waals surface area contributed by atoms with Crippen LogP contribution in [0.15, 0.2) is 42.5 Å². The Labute approximate surface area is 185 Å². The van der Waals surface area contributed by atoms with Crippen LogP contribution in [-0.4, -0.2) is 47.4 Å². The second kappa shape index (κ2) is 11.1. The van der Waals surface area contributed by atoms with Crippen LogP contribution in [0, 0.1) is 15.9 Å². The van der Waals surface area contributed by atoms with Crippen LogP contribution >= 0.6 is 0 Å². The number of ether oxygens (including phenoxy) is 2. The largest absolute Gasteiger partial charge is 0.490 e. The van der Waals surface area contributed by atoms with Crippen LogP contribution in [0.25, 0.3) is 0 Å². The summed E-state index contributed by atoms with van der Waals surface area (Å²) >= 11 is 0. The number of methoxy groups -OCH3 is 1. The van der Waals surface area contributed by atoms with E-state index in [4.69, 9.17) is 9.47 Å². The van der Waals surface area contributed by atoms with Gasteiger partial charge in [-0.1, -0.05) is 12.1 Å². The van der Waals surface area contributed by atoms with Crippen LogP contribution in [0.5, 0.6) is 11.5 Å². The maximum atomic E-state index is 13.2. The molecule has 0 fully saturated rings. The van der Waals surface area contributed by atoms with Crippen LogP contribution < -0.4 is 14.8 Å². The first-order chi connectivity index (χ1) is 15.1. The van der Waals surface area contributed by atoms with Gasteiger partial charge in [0, 0.05) is 24.7 Å². The van der Waals surface area contributed by atoms with Crippen molar-refractivity contribution in [2.45, 2.75) is 39.4 Å². The van der Waals surface area contributed by atoms with Gasteiger partial charge in [0.2, 0.25) is 11.7 Å².